The third-order valence-electron chi connectivity index (χ3n) is 7.41. The van der Waals surface area contributed by atoms with E-state index in [1.54, 1.807) is 0 Å². The molecule has 3 fully saturated rings. The van der Waals surface area contributed by atoms with Crippen molar-refractivity contribution in [3.63, 3.8) is 0 Å². The van der Waals surface area contributed by atoms with Gasteiger partial charge in [-0.2, -0.15) is 4.98 Å². The van der Waals surface area contributed by atoms with Gasteiger partial charge in [0.2, 0.25) is 5.88 Å². The highest BCUT2D eigenvalue weighted by molar-refractivity contribution is 5.69. The van der Waals surface area contributed by atoms with Crippen LogP contribution in [0.2, 0.25) is 0 Å². The van der Waals surface area contributed by atoms with Gasteiger partial charge in [-0.05, 0) is 64.5 Å². The molecule has 35 heavy (non-hydrogen) atoms. The van der Waals surface area contributed by atoms with Gasteiger partial charge in [-0.15, -0.1) is 0 Å². The second-order valence-corrected chi connectivity index (χ2v) is 12.6. The summed E-state index contributed by atoms with van der Waals surface area (Å²) in [5, 5.41) is 12.2. The zero-order valence-electron chi connectivity index (χ0n) is 22.1. The maximum absolute atomic E-state index is 12.6. The Balaban J connectivity index is 1.55. The van der Waals surface area contributed by atoms with Gasteiger partial charge in [0.1, 0.15) is 17.5 Å². The Kier molecular flexibility index (Phi) is 6.34. The number of amides is 2. The summed E-state index contributed by atoms with van der Waals surface area (Å²) < 4.78 is 11.8. The molecule has 0 unspecified atom stereocenters. The monoisotopic (exact) mass is 488 g/mol. The van der Waals surface area contributed by atoms with Crippen LogP contribution in [-0.2, 0) is 10.3 Å². The van der Waals surface area contributed by atoms with E-state index in [1.807, 2.05) is 46.8 Å². The van der Waals surface area contributed by atoms with E-state index < -0.39 is 23.3 Å². The van der Waals surface area contributed by atoms with E-state index in [0.717, 1.165) is 37.3 Å². The zero-order valence-corrected chi connectivity index (χ0v) is 22.1. The fraction of sp³-hybridized carbons (Fsp3) is 0.731. The number of carbonyl (C=O) groups is 2. The molecule has 0 spiro atoms. The molecule has 2 saturated heterocycles. The Labute approximate surface area is 208 Å². The first-order valence-electron chi connectivity index (χ1n) is 12.6. The molecular weight excluding hydrogens is 448 g/mol. The zero-order chi connectivity index (χ0) is 25.8. The highest BCUT2D eigenvalue weighted by Crippen LogP contribution is 2.48. The molecule has 0 aromatic carbocycles. The average molecular weight is 489 g/mol. The van der Waals surface area contributed by atoms with Crippen molar-refractivity contribution < 1.29 is 24.2 Å². The number of pyridine rings is 1. The molecule has 2 amide bonds. The molecule has 1 aromatic rings. The van der Waals surface area contributed by atoms with E-state index in [1.165, 1.54) is 4.90 Å². The minimum atomic E-state index is -0.874. The van der Waals surface area contributed by atoms with Gasteiger partial charge in [-0.1, -0.05) is 13.8 Å². The average Bonchev–Trinajstić information content (AvgIpc) is 3.14. The van der Waals surface area contributed by atoms with Crippen molar-refractivity contribution in [3.05, 3.63) is 17.7 Å². The first-order valence-corrected chi connectivity index (χ1v) is 12.6. The molecule has 1 aromatic heterocycles. The van der Waals surface area contributed by atoms with Crippen molar-refractivity contribution in [2.24, 2.45) is 17.3 Å². The molecule has 194 valence electrons. The van der Waals surface area contributed by atoms with E-state index in [2.05, 4.69) is 24.1 Å². The molecule has 0 bridgehead atoms. The molecule has 3 aliphatic rings. The number of carbonyl (C=O) groups excluding carboxylic acids is 1. The van der Waals surface area contributed by atoms with Crippen molar-refractivity contribution in [3.8, 4) is 5.88 Å². The summed E-state index contributed by atoms with van der Waals surface area (Å²) in [6.07, 6.45) is 0.775. The van der Waals surface area contributed by atoms with Crippen molar-refractivity contribution in [2.75, 3.05) is 31.1 Å². The number of alkyl carbamates (subject to hydrolysis) is 1. The van der Waals surface area contributed by atoms with Gasteiger partial charge in [-0.3, -0.25) is 0 Å². The first-order chi connectivity index (χ1) is 16.1. The normalized spacial score (nSPS) is 25.6. The Morgan fingerprint density at radius 2 is 1.69 bits per heavy atom. The Morgan fingerprint density at radius 3 is 2.23 bits per heavy atom. The van der Waals surface area contributed by atoms with Crippen LogP contribution in [0.25, 0.3) is 0 Å². The Morgan fingerprint density at radius 1 is 1.09 bits per heavy atom. The highest BCUT2D eigenvalue weighted by atomic mass is 16.6. The summed E-state index contributed by atoms with van der Waals surface area (Å²) in [7, 11) is 0. The number of nitrogens with one attached hydrogen (secondary N) is 1. The maximum atomic E-state index is 12.6. The van der Waals surface area contributed by atoms with Gasteiger partial charge in [0.05, 0.1) is 5.54 Å². The van der Waals surface area contributed by atoms with Gasteiger partial charge in [0, 0.05) is 44.1 Å². The van der Waals surface area contributed by atoms with E-state index in [0.29, 0.717) is 24.4 Å². The lowest BCUT2D eigenvalue weighted by Crippen LogP contribution is -2.44. The van der Waals surface area contributed by atoms with Crippen molar-refractivity contribution in [1.82, 2.24) is 15.2 Å². The molecule has 3 atom stereocenters. The van der Waals surface area contributed by atoms with Crippen LogP contribution >= 0.6 is 0 Å². The lowest BCUT2D eigenvalue weighted by molar-refractivity contribution is 0.0470. The predicted molar refractivity (Wildman–Crippen MR) is 133 cm³/mol. The van der Waals surface area contributed by atoms with Crippen LogP contribution < -0.4 is 15.0 Å². The molecule has 1 aliphatic carbocycles. The number of piperidine rings is 2. The summed E-state index contributed by atoms with van der Waals surface area (Å²) >= 11 is 0. The van der Waals surface area contributed by atoms with Crippen LogP contribution in [0, 0.1) is 17.3 Å². The summed E-state index contributed by atoms with van der Waals surface area (Å²) in [5.41, 5.74) is -0.114. The number of nitrogens with zero attached hydrogens (tertiary/aromatic N) is 3. The van der Waals surface area contributed by atoms with Crippen LogP contribution in [-0.4, -0.2) is 65.1 Å². The largest absolute Gasteiger partial charge is 0.474 e. The number of likely N-dealkylation sites (tertiary alicyclic amines) is 1. The number of ether oxygens (including phenoxy) is 2. The lowest BCUT2D eigenvalue weighted by atomic mass is 9.82. The summed E-state index contributed by atoms with van der Waals surface area (Å²) in [4.78, 5) is 32.4. The number of rotatable bonds is 5. The standard InChI is InChI=1S/C26H40N4O5/c1-24(2,3)35-22(31)28-26(6,7)16-12-19(29-10-8-25(4,5)9-11-29)27-20(13-16)34-21-17-14-30(23(32)33)15-18(17)21/h12-13,17-18,21H,8-11,14-15H2,1-7H3,(H,28,31)(H,32,33)/t17-,18+,21-. The van der Waals surface area contributed by atoms with Crippen LogP contribution in [0.15, 0.2) is 12.1 Å². The van der Waals surface area contributed by atoms with Crippen LogP contribution in [0.3, 0.4) is 0 Å². The summed E-state index contributed by atoms with van der Waals surface area (Å²) in [5.74, 6) is 1.78. The minimum Gasteiger partial charge on any atom is -0.474 e. The highest BCUT2D eigenvalue weighted by Gasteiger charge is 2.59. The third-order valence-corrected chi connectivity index (χ3v) is 7.41. The fourth-order valence-corrected chi connectivity index (χ4v) is 4.99. The fourth-order valence-electron chi connectivity index (χ4n) is 4.99. The topological polar surface area (TPSA) is 104 Å². The number of fused-ring (bicyclic) bond motifs is 1. The lowest BCUT2D eigenvalue weighted by Gasteiger charge is -2.38. The molecule has 2 N–H and O–H groups in total. The SMILES string of the molecule is CC1(C)CCN(c2cc(C(C)(C)NC(=O)OC(C)(C)C)cc(O[C@@H]3[C@@H]4CN(C(=O)O)C[C@@H]43)n2)CC1. The predicted octanol–water partition coefficient (Wildman–Crippen LogP) is 4.45. The number of hydrogen-bond donors (Lipinski definition) is 2. The Hall–Kier alpha value is -2.71. The van der Waals surface area contributed by atoms with E-state index >= 15 is 0 Å². The molecular formula is C26H40N4O5. The molecule has 1 saturated carbocycles. The maximum Gasteiger partial charge on any atom is 0.408 e. The van der Waals surface area contributed by atoms with Gasteiger partial charge >= 0.3 is 12.2 Å². The summed E-state index contributed by atoms with van der Waals surface area (Å²) in [6, 6.07) is 3.92. The van der Waals surface area contributed by atoms with Crippen LogP contribution in [0.5, 0.6) is 5.88 Å². The molecule has 9 heteroatoms. The molecule has 4 rings (SSSR count). The van der Waals surface area contributed by atoms with Gasteiger partial charge in [0.15, 0.2) is 0 Å². The smallest absolute Gasteiger partial charge is 0.408 e. The number of aromatic nitrogens is 1. The number of carboxylic acid groups (broad SMARTS) is 1. The second-order valence-electron chi connectivity index (χ2n) is 12.6. The quantitative estimate of drug-likeness (QED) is 0.631. The van der Waals surface area contributed by atoms with Crippen molar-refractivity contribution >= 4 is 18.0 Å². The van der Waals surface area contributed by atoms with Gasteiger partial charge in [0.25, 0.3) is 0 Å². The molecule has 0 radical (unpaired) electrons. The van der Waals surface area contributed by atoms with Crippen molar-refractivity contribution in [1.29, 1.82) is 0 Å². The van der Waals surface area contributed by atoms with E-state index in [4.69, 9.17) is 14.5 Å². The number of anilines is 1. The van der Waals surface area contributed by atoms with E-state index in [9.17, 15) is 14.7 Å². The van der Waals surface area contributed by atoms with Crippen LogP contribution in [0.1, 0.15) is 66.9 Å². The molecule has 2 aliphatic heterocycles. The first kappa shape index (κ1) is 25.4. The minimum absolute atomic E-state index is 0.0246. The second kappa shape index (κ2) is 8.75. The van der Waals surface area contributed by atoms with Gasteiger partial charge < -0.3 is 29.7 Å². The number of hydrogen-bond acceptors (Lipinski definition) is 6. The Bertz CT molecular complexity index is 964. The van der Waals surface area contributed by atoms with E-state index in [-0.39, 0.29) is 17.9 Å². The van der Waals surface area contributed by atoms with Crippen LogP contribution in [0.4, 0.5) is 15.4 Å². The molecule has 9 nitrogen and oxygen atoms in total. The third kappa shape index (κ3) is 5.93. The summed E-state index contributed by atoms with van der Waals surface area (Å²) in [6.45, 7) is 16.8. The molecule has 3 heterocycles. The van der Waals surface area contributed by atoms with Crippen molar-refractivity contribution in [2.45, 2.75) is 78.6 Å². The van der Waals surface area contributed by atoms with Gasteiger partial charge in [-0.25, -0.2) is 9.59 Å².